The van der Waals surface area contributed by atoms with E-state index >= 15 is 0 Å². The zero-order valence-electron chi connectivity index (χ0n) is 15.2. The maximum Gasteiger partial charge on any atom is 0.247 e. The summed E-state index contributed by atoms with van der Waals surface area (Å²) in [7, 11) is 0. The predicted octanol–water partition coefficient (Wildman–Crippen LogP) is 3.74. The van der Waals surface area contributed by atoms with E-state index in [2.05, 4.69) is 5.32 Å². The second-order valence-electron chi connectivity index (χ2n) is 6.06. The van der Waals surface area contributed by atoms with Crippen molar-refractivity contribution < 1.29 is 19.1 Å². The van der Waals surface area contributed by atoms with E-state index in [4.69, 9.17) is 16.3 Å². The number of nitrogens with one attached hydrogen (secondary N) is 1. The molecule has 0 saturated carbocycles. The summed E-state index contributed by atoms with van der Waals surface area (Å²) in [6.45, 7) is 2.35. The van der Waals surface area contributed by atoms with Gasteiger partial charge in [0.15, 0.2) is 0 Å². The van der Waals surface area contributed by atoms with Gasteiger partial charge < -0.3 is 10.1 Å². The molecule has 1 atom stereocenters. The average Bonchev–Trinajstić information content (AvgIpc) is 2.96. The van der Waals surface area contributed by atoms with Crippen LogP contribution in [-0.2, 0) is 14.4 Å². The molecule has 1 fully saturated rings. The molecule has 3 rings (SSSR count). The van der Waals surface area contributed by atoms with Gasteiger partial charge in [0.2, 0.25) is 17.7 Å². The van der Waals surface area contributed by atoms with Gasteiger partial charge in [-0.05, 0) is 43.3 Å². The Labute approximate surface area is 172 Å². The first kappa shape index (κ1) is 20.2. The summed E-state index contributed by atoms with van der Waals surface area (Å²) in [5.74, 6) is -0.181. The summed E-state index contributed by atoms with van der Waals surface area (Å²) in [5.41, 5.74) is 1.10. The summed E-state index contributed by atoms with van der Waals surface area (Å²) in [6, 6.07) is 13.6. The highest BCUT2D eigenvalue weighted by molar-refractivity contribution is 8.01. The van der Waals surface area contributed by atoms with Gasteiger partial charge in [0, 0.05) is 23.2 Å². The van der Waals surface area contributed by atoms with Gasteiger partial charge in [-0.2, -0.15) is 0 Å². The molecule has 2 aromatic rings. The van der Waals surface area contributed by atoms with Crippen molar-refractivity contribution in [3.05, 3.63) is 53.6 Å². The second-order valence-corrected chi connectivity index (χ2v) is 7.68. The van der Waals surface area contributed by atoms with E-state index in [9.17, 15) is 14.4 Å². The molecule has 0 aliphatic carbocycles. The van der Waals surface area contributed by atoms with E-state index in [0.29, 0.717) is 28.8 Å². The topological polar surface area (TPSA) is 75.7 Å². The number of halogens is 1. The first-order valence-electron chi connectivity index (χ1n) is 8.74. The maximum absolute atomic E-state index is 12.7. The lowest BCUT2D eigenvalue weighted by Gasteiger charge is -2.16. The molecule has 146 valence electrons. The molecule has 28 heavy (non-hydrogen) atoms. The smallest absolute Gasteiger partial charge is 0.247 e. The van der Waals surface area contributed by atoms with Gasteiger partial charge in [0.1, 0.15) is 5.75 Å². The molecule has 1 aliphatic heterocycles. The minimum atomic E-state index is -0.584. The lowest BCUT2D eigenvalue weighted by atomic mass is 10.3. The number of benzene rings is 2. The van der Waals surface area contributed by atoms with Crippen LogP contribution in [-0.4, -0.2) is 35.3 Å². The summed E-state index contributed by atoms with van der Waals surface area (Å²) < 4.78 is 5.43. The summed E-state index contributed by atoms with van der Waals surface area (Å²) in [5, 5.41) is 2.73. The Balaban J connectivity index is 1.59. The van der Waals surface area contributed by atoms with Crippen LogP contribution in [0.3, 0.4) is 0 Å². The predicted molar refractivity (Wildman–Crippen MR) is 111 cm³/mol. The van der Waals surface area contributed by atoms with E-state index in [-0.39, 0.29) is 29.9 Å². The number of rotatable bonds is 7. The highest BCUT2D eigenvalue weighted by Gasteiger charge is 2.40. The second kappa shape index (κ2) is 9.12. The number of thioether (sulfide) groups is 1. The molecule has 0 unspecified atom stereocenters. The molecular formula is C20H19ClN2O4S. The van der Waals surface area contributed by atoms with Crippen molar-refractivity contribution in [3.63, 3.8) is 0 Å². The molecule has 1 N–H and O–H groups in total. The third-order valence-electron chi connectivity index (χ3n) is 4.04. The van der Waals surface area contributed by atoms with Crippen molar-refractivity contribution in [1.82, 2.24) is 0 Å². The van der Waals surface area contributed by atoms with Crippen molar-refractivity contribution in [2.45, 2.75) is 18.6 Å². The van der Waals surface area contributed by atoms with Gasteiger partial charge >= 0.3 is 0 Å². The highest BCUT2D eigenvalue weighted by Crippen LogP contribution is 2.31. The van der Waals surface area contributed by atoms with Gasteiger partial charge in [0.05, 0.1) is 23.3 Å². The molecule has 0 bridgehead atoms. The molecular weight excluding hydrogens is 400 g/mol. The highest BCUT2D eigenvalue weighted by atomic mass is 35.5. The molecule has 0 spiro atoms. The number of imide groups is 1. The molecule has 1 saturated heterocycles. The largest absolute Gasteiger partial charge is 0.494 e. The normalized spacial score (nSPS) is 16.4. The number of ether oxygens (including phenoxy) is 1. The molecule has 8 heteroatoms. The fourth-order valence-electron chi connectivity index (χ4n) is 2.79. The molecule has 0 radical (unpaired) electrons. The maximum atomic E-state index is 12.7. The average molecular weight is 419 g/mol. The zero-order chi connectivity index (χ0) is 20.1. The lowest BCUT2D eigenvalue weighted by molar-refractivity contribution is -0.121. The molecule has 1 aliphatic rings. The number of hydrogen-bond acceptors (Lipinski definition) is 5. The first-order chi connectivity index (χ1) is 13.5. The minimum absolute atomic E-state index is 0.0661. The van der Waals surface area contributed by atoms with E-state index in [1.54, 1.807) is 48.5 Å². The number of carbonyl (C=O) groups excluding carboxylic acids is 3. The quantitative estimate of drug-likeness (QED) is 0.693. The van der Waals surface area contributed by atoms with Gasteiger partial charge in [-0.3, -0.25) is 14.4 Å². The number of anilines is 2. The Morgan fingerprint density at radius 2 is 2.00 bits per heavy atom. The van der Waals surface area contributed by atoms with Crippen LogP contribution < -0.4 is 15.0 Å². The van der Waals surface area contributed by atoms with Crippen molar-refractivity contribution in [2.75, 3.05) is 22.6 Å². The SMILES string of the molecule is CCOc1cccc(N2C(=O)C[C@@H](SCC(=O)Nc3ccc(Cl)cc3)C2=O)c1. The van der Waals surface area contributed by atoms with Gasteiger partial charge in [-0.1, -0.05) is 17.7 Å². The van der Waals surface area contributed by atoms with Crippen LogP contribution in [0.25, 0.3) is 0 Å². The van der Waals surface area contributed by atoms with Crippen molar-refractivity contribution >= 4 is 52.5 Å². The minimum Gasteiger partial charge on any atom is -0.494 e. The summed E-state index contributed by atoms with van der Waals surface area (Å²) >= 11 is 6.98. The van der Waals surface area contributed by atoms with Crippen LogP contribution >= 0.6 is 23.4 Å². The fourth-order valence-corrected chi connectivity index (χ4v) is 3.85. The third kappa shape index (κ3) is 4.85. The van der Waals surface area contributed by atoms with E-state index in [0.717, 1.165) is 16.7 Å². The zero-order valence-corrected chi connectivity index (χ0v) is 16.8. The molecule has 0 aromatic heterocycles. The van der Waals surface area contributed by atoms with Crippen molar-refractivity contribution in [1.29, 1.82) is 0 Å². The number of amides is 3. The van der Waals surface area contributed by atoms with Crippen LogP contribution in [0.4, 0.5) is 11.4 Å². The Bertz CT molecular complexity index is 888. The number of carbonyl (C=O) groups is 3. The number of nitrogens with zero attached hydrogens (tertiary/aromatic N) is 1. The summed E-state index contributed by atoms with van der Waals surface area (Å²) in [6.07, 6.45) is 0.0661. The molecule has 2 aromatic carbocycles. The number of hydrogen-bond donors (Lipinski definition) is 1. The lowest BCUT2D eigenvalue weighted by Crippen LogP contribution is -2.31. The molecule has 3 amide bonds. The van der Waals surface area contributed by atoms with Crippen LogP contribution in [0, 0.1) is 0 Å². The standard InChI is InChI=1S/C20H19ClN2O4S/c1-2-27-16-5-3-4-15(10-16)23-19(25)11-17(20(23)26)28-12-18(24)22-14-8-6-13(21)7-9-14/h3-10,17H,2,11-12H2,1H3,(H,22,24)/t17-/m1/s1. The Kier molecular flexibility index (Phi) is 6.59. The van der Waals surface area contributed by atoms with Gasteiger partial charge in [0.25, 0.3) is 0 Å². The first-order valence-corrected chi connectivity index (χ1v) is 10.2. The Morgan fingerprint density at radius 1 is 1.25 bits per heavy atom. The van der Waals surface area contributed by atoms with Crippen LogP contribution in [0.2, 0.25) is 5.02 Å². The van der Waals surface area contributed by atoms with E-state index < -0.39 is 5.25 Å². The fraction of sp³-hybridized carbons (Fsp3) is 0.250. The van der Waals surface area contributed by atoms with E-state index in [1.165, 1.54) is 0 Å². The monoisotopic (exact) mass is 418 g/mol. The van der Waals surface area contributed by atoms with E-state index in [1.807, 2.05) is 6.92 Å². The van der Waals surface area contributed by atoms with Gasteiger partial charge in [-0.15, -0.1) is 11.8 Å². The van der Waals surface area contributed by atoms with Crippen LogP contribution in [0.15, 0.2) is 48.5 Å². The Morgan fingerprint density at radius 3 is 2.71 bits per heavy atom. The van der Waals surface area contributed by atoms with Gasteiger partial charge in [-0.25, -0.2) is 4.90 Å². The Hall–Kier alpha value is -2.51. The van der Waals surface area contributed by atoms with Crippen LogP contribution in [0.1, 0.15) is 13.3 Å². The third-order valence-corrected chi connectivity index (χ3v) is 5.49. The van der Waals surface area contributed by atoms with Crippen molar-refractivity contribution in [2.24, 2.45) is 0 Å². The van der Waals surface area contributed by atoms with Crippen molar-refractivity contribution in [3.8, 4) is 5.75 Å². The molecule has 6 nitrogen and oxygen atoms in total. The molecule has 1 heterocycles. The summed E-state index contributed by atoms with van der Waals surface area (Å²) in [4.78, 5) is 38.3. The van der Waals surface area contributed by atoms with Crippen LogP contribution in [0.5, 0.6) is 5.75 Å².